The number of fused-ring (bicyclic) bond motifs is 1. The molecule has 4 aliphatic rings. The van der Waals surface area contributed by atoms with E-state index in [0.29, 0.717) is 24.1 Å². The molecule has 1 N–H and O–H groups in total. The Kier molecular flexibility index (Phi) is 6.99. The van der Waals surface area contributed by atoms with E-state index in [1.807, 2.05) is 0 Å². The number of piperazine rings is 1. The highest BCUT2D eigenvalue weighted by Gasteiger charge is 2.23. The highest BCUT2D eigenvalue weighted by molar-refractivity contribution is 5.94. The van der Waals surface area contributed by atoms with Crippen LogP contribution in [0.15, 0.2) is 60.1 Å². The van der Waals surface area contributed by atoms with E-state index in [0.717, 1.165) is 70.0 Å². The van der Waals surface area contributed by atoms with Crippen molar-refractivity contribution in [3.05, 3.63) is 60.1 Å². The van der Waals surface area contributed by atoms with Crippen molar-refractivity contribution in [2.45, 2.75) is 25.7 Å². The Hall–Kier alpha value is -3.46. The quantitative estimate of drug-likeness (QED) is 0.585. The van der Waals surface area contributed by atoms with E-state index in [2.05, 4.69) is 38.3 Å². The third kappa shape index (κ3) is 5.53. The molecule has 3 aliphatic heterocycles. The van der Waals surface area contributed by atoms with Crippen LogP contribution in [0, 0.1) is 0 Å². The summed E-state index contributed by atoms with van der Waals surface area (Å²) in [4.78, 5) is 20.4. The molecular formula is C25H30N4O5. The Balaban J connectivity index is 0.977. The predicted molar refractivity (Wildman–Crippen MR) is 126 cm³/mol. The molecule has 0 spiro atoms. The second-order valence-electron chi connectivity index (χ2n) is 8.55. The van der Waals surface area contributed by atoms with Crippen molar-refractivity contribution in [1.29, 1.82) is 0 Å². The number of amides is 1. The first kappa shape index (κ1) is 22.3. The largest absolute Gasteiger partial charge is 0.480 e. The number of nitrogens with one attached hydrogen (secondary N) is 1. The number of hydrogen-bond donors (Lipinski definition) is 1. The first-order chi connectivity index (χ1) is 16.7. The van der Waals surface area contributed by atoms with Crippen LogP contribution in [0.1, 0.15) is 25.7 Å². The zero-order valence-corrected chi connectivity index (χ0v) is 19.2. The lowest BCUT2D eigenvalue weighted by Crippen LogP contribution is -2.46. The van der Waals surface area contributed by atoms with Crippen LogP contribution in [-0.4, -0.2) is 66.6 Å². The Morgan fingerprint density at radius 3 is 2.79 bits per heavy atom. The second kappa shape index (κ2) is 10.6. The third-order valence-corrected chi connectivity index (χ3v) is 6.16. The second-order valence-corrected chi connectivity index (χ2v) is 8.55. The van der Waals surface area contributed by atoms with E-state index in [1.165, 1.54) is 5.57 Å². The van der Waals surface area contributed by atoms with E-state index >= 15 is 0 Å². The van der Waals surface area contributed by atoms with Crippen LogP contribution in [-0.2, 0) is 14.3 Å². The molecule has 0 saturated carbocycles. The number of anilines is 1. The molecule has 1 amide bonds. The number of allylic oxidation sites excluding steroid dienone is 4. The Morgan fingerprint density at radius 1 is 1.09 bits per heavy atom. The molecule has 1 saturated heterocycles. The van der Waals surface area contributed by atoms with Gasteiger partial charge in [-0.15, -0.1) is 0 Å². The summed E-state index contributed by atoms with van der Waals surface area (Å²) in [6.07, 6.45) is 13.8. The monoisotopic (exact) mass is 466 g/mol. The van der Waals surface area contributed by atoms with E-state index in [9.17, 15) is 4.79 Å². The van der Waals surface area contributed by atoms with Gasteiger partial charge < -0.3 is 29.2 Å². The lowest BCUT2D eigenvalue weighted by atomic mass is 10.0. The zero-order valence-electron chi connectivity index (χ0n) is 19.2. The summed E-state index contributed by atoms with van der Waals surface area (Å²) < 4.78 is 22.8. The fraction of sp³-hybridized carbons (Fsp3) is 0.440. The third-order valence-electron chi connectivity index (χ3n) is 6.16. The topological polar surface area (TPSA) is 85.4 Å². The van der Waals surface area contributed by atoms with Crippen LogP contribution in [0.25, 0.3) is 0 Å². The maximum atomic E-state index is 11.4. The van der Waals surface area contributed by atoms with Gasteiger partial charge in [-0.3, -0.25) is 9.69 Å². The van der Waals surface area contributed by atoms with Crippen LogP contribution >= 0.6 is 0 Å². The highest BCUT2D eigenvalue weighted by atomic mass is 16.6. The molecular weight excluding hydrogens is 436 g/mol. The van der Waals surface area contributed by atoms with Gasteiger partial charge in [0.05, 0.1) is 6.61 Å². The summed E-state index contributed by atoms with van der Waals surface area (Å²) in [6.45, 7) is 5.43. The Bertz CT molecular complexity index is 1020. The first-order valence-corrected chi connectivity index (χ1v) is 11.9. The molecule has 1 aliphatic carbocycles. The summed E-state index contributed by atoms with van der Waals surface area (Å²) in [6, 6.07) is 3.54. The molecule has 5 rings (SSSR count). The van der Waals surface area contributed by atoms with E-state index in [-0.39, 0.29) is 12.5 Å². The van der Waals surface area contributed by atoms with E-state index in [1.54, 1.807) is 24.7 Å². The molecule has 0 aromatic carbocycles. The molecule has 0 unspecified atom stereocenters. The number of hydrogen-bond acceptors (Lipinski definition) is 8. The fourth-order valence-corrected chi connectivity index (χ4v) is 4.22. The highest BCUT2D eigenvalue weighted by Crippen LogP contribution is 2.28. The maximum absolute atomic E-state index is 11.4. The van der Waals surface area contributed by atoms with Crippen molar-refractivity contribution in [1.82, 2.24) is 14.8 Å². The predicted octanol–water partition coefficient (Wildman–Crippen LogP) is 3.15. The number of ether oxygens (including phenoxy) is 4. The molecule has 9 heteroatoms. The summed E-state index contributed by atoms with van der Waals surface area (Å²) >= 11 is 0. The van der Waals surface area contributed by atoms with Crippen LogP contribution in [0.3, 0.4) is 0 Å². The van der Waals surface area contributed by atoms with Gasteiger partial charge in [0.2, 0.25) is 11.8 Å². The zero-order chi connectivity index (χ0) is 23.2. The minimum Gasteiger partial charge on any atom is -0.480 e. The van der Waals surface area contributed by atoms with Crippen molar-refractivity contribution >= 4 is 11.7 Å². The maximum Gasteiger partial charge on any atom is 0.263 e. The van der Waals surface area contributed by atoms with Gasteiger partial charge in [-0.25, -0.2) is 0 Å². The molecule has 0 radical (unpaired) electrons. The van der Waals surface area contributed by atoms with Crippen LogP contribution in [0.5, 0.6) is 11.6 Å². The van der Waals surface area contributed by atoms with Gasteiger partial charge >= 0.3 is 0 Å². The van der Waals surface area contributed by atoms with Gasteiger partial charge in [0.25, 0.3) is 5.91 Å². The molecule has 180 valence electrons. The fourth-order valence-electron chi connectivity index (χ4n) is 4.22. The normalized spacial score (nSPS) is 20.1. The van der Waals surface area contributed by atoms with Gasteiger partial charge in [0, 0.05) is 32.2 Å². The SMILES string of the molecule is O=C1COc2ccc(OCCCCN3CCN(C4=COC(C5=CC=CCC5)=CO4)CC3)nc2N1. The summed E-state index contributed by atoms with van der Waals surface area (Å²) in [7, 11) is 0. The number of carbonyl (C=O) groups is 1. The van der Waals surface area contributed by atoms with Gasteiger partial charge in [-0.05, 0) is 43.9 Å². The average Bonchev–Trinajstić information content (AvgIpc) is 2.89. The van der Waals surface area contributed by atoms with Crippen molar-refractivity contribution in [2.24, 2.45) is 0 Å². The lowest BCUT2D eigenvalue weighted by Gasteiger charge is -2.36. The Morgan fingerprint density at radius 2 is 2.00 bits per heavy atom. The Labute approximate surface area is 199 Å². The number of aromatic nitrogens is 1. The van der Waals surface area contributed by atoms with E-state index in [4.69, 9.17) is 18.9 Å². The molecule has 0 atom stereocenters. The molecule has 9 nitrogen and oxygen atoms in total. The van der Waals surface area contributed by atoms with Gasteiger partial charge in [-0.2, -0.15) is 4.98 Å². The summed E-state index contributed by atoms with van der Waals surface area (Å²) in [5, 5.41) is 2.69. The molecule has 4 heterocycles. The van der Waals surface area contributed by atoms with E-state index < -0.39 is 0 Å². The smallest absolute Gasteiger partial charge is 0.263 e. The molecule has 1 aromatic heterocycles. The van der Waals surface area contributed by atoms with Crippen molar-refractivity contribution < 1.29 is 23.7 Å². The number of rotatable bonds is 8. The van der Waals surface area contributed by atoms with Gasteiger partial charge in [0.15, 0.2) is 30.2 Å². The van der Waals surface area contributed by atoms with Crippen LogP contribution in [0.2, 0.25) is 0 Å². The minimum atomic E-state index is -0.202. The van der Waals surface area contributed by atoms with Gasteiger partial charge in [-0.1, -0.05) is 18.2 Å². The summed E-state index contributed by atoms with van der Waals surface area (Å²) in [5.41, 5.74) is 1.18. The van der Waals surface area contributed by atoms with Crippen LogP contribution in [0.4, 0.5) is 5.82 Å². The number of unbranched alkanes of at least 4 members (excludes halogenated alkanes) is 1. The van der Waals surface area contributed by atoms with Crippen molar-refractivity contribution in [2.75, 3.05) is 51.3 Å². The minimum absolute atomic E-state index is 0.0238. The lowest BCUT2D eigenvalue weighted by molar-refractivity contribution is -0.118. The molecule has 1 fully saturated rings. The number of pyridine rings is 1. The summed E-state index contributed by atoms with van der Waals surface area (Å²) in [5.74, 6) is 2.87. The number of carbonyl (C=O) groups excluding carboxylic acids is 1. The average molecular weight is 467 g/mol. The number of nitrogens with zero attached hydrogens (tertiary/aromatic N) is 3. The van der Waals surface area contributed by atoms with Crippen molar-refractivity contribution in [3.63, 3.8) is 0 Å². The standard InChI is InChI=1S/C25H30N4O5/c30-22-17-32-20-8-9-23(27-25(20)26-22)31-15-5-4-10-28-11-13-29(14-12-28)24-18-33-21(16-34-24)19-6-2-1-3-7-19/h1-2,6,8-9,16,18H,3-5,7,10-15,17H2,(H,26,27,30). The van der Waals surface area contributed by atoms with Crippen LogP contribution < -0.4 is 14.8 Å². The van der Waals surface area contributed by atoms with Crippen molar-refractivity contribution in [3.8, 4) is 11.6 Å². The molecule has 1 aromatic rings. The van der Waals surface area contributed by atoms with Gasteiger partial charge in [0.1, 0.15) is 6.26 Å². The molecule has 0 bridgehead atoms. The first-order valence-electron chi connectivity index (χ1n) is 11.9. The molecule has 34 heavy (non-hydrogen) atoms.